The van der Waals surface area contributed by atoms with Gasteiger partial charge in [-0.2, -0.15) is 0 Å². The summed E-state index contributed by atoms with van der Waals surface area (Å²) in [6, 6.07) is 21.5. The quantitative estimate of drug-likeness (QED) is 0.254. The average molecular weight is 444 g/mol. The highest BCUT2D eigenvalue weighted by Gasteiger charge is 2.15. The number of fused-ring (bicyclic) bond motifs is 1. The lowest BCUT2D eigenvalue weighted by Crippen LogP contribution is -2.30. The predicted octanol–water partition coefficient (Wildman–Crippen LogP) is 5.46. The number of amides is 1. The second-order valence-corrected chi connectivity index (χ2v) is 8.38. The van der Waals surface area contributed by atoms with Gasteiger partial charge >= 0.3 is 0 Å². The number of imidazole rings is 1. The second-order valence-electron chi connectivity index (χ2n) is 7.33. The Kier molecular flexibility index (Phi) is 6.92. The topological polar surface area (TPSA) is 46.8 Å². The summed E-state index contributed by atoms with van der Waals surface area (Å²) >= 11 is 1.71. The monoisotopic (exact) mass is 443 g/mol. The zero-order chi connectivity index (χ0) is 22.3. The molecular weight excluding hydrogens is 418 g/mol. The van der Waals surface area contributed by atoms with Crippen molar-refractivity contribution in [2.24, 2.45) is 0 Å². The standard InChI is InChI=1S/C26H25N3O2S/c1-3-15-29(17-20-7-11-23(31-2)12-8-20)26(30)21-9-13-24(14-10-21)32-19-22-18-28-16-5-4-6-25(28)27-22/h3-14,16,18H,1,15,17,19H2,2H3. The number of methoxy groups -OCH3 is 1. The van der Waals surface area contributed by atoms with Gasteiger partial charge in [-0.3, -0.25) is 4.79 Å². The van der Waals surface area contributed by atoms with E-state index in [9.17, 15) is 4.79 Å². The van der Waals surface area contributed by atoms with Crippen LogP contribution >= 0.6 is 11.8 Å². The van der Waals surface area contributed by atoms with Crippen LogP contribution in [0.1, 0.15) is 21.6 Å². The molecule has 32 heavy (non-hydrogen) atoms. The smallest absolute Gasteiger partial charge is 0.254 e. The number of thioether (sulfide) groups is 1. The summed E-state index contributed by atoms with van der Waals surface area (Å²) in [5.41, 5.74) is 3.68. The summed E-state index contributed by atoms with van der Waals surface area (Å²) in [6.07, 6.45) is 5.80. The van der Waals surface area contributed by atoms with Crippen LogP contribution in [0.3, 0.4) is 0 Å². The highest BCUT2D eigenvalue weighted by atomic mass is 32.2. The molecule has 0 bridgehead atoms. The first-order valence-electron chi connectivity index (χ1n) is 10.3. The minimum absolute atomic E-state index is 0.0161. The Labute approximate surface area is 192 Å². The summed E-state index contributed by atoms with van der Waals surface area (Å²) in [5, 5.41) is 0. The fourth-order valence-corrected chi connectivity index (χ4v) is 4.20. The number of rotatable bonds is 9. The van der Waals surface area contributed by atoms with E-state index in [2.05, 4.69) is 11.6 Å². The number of ether oxygens (including phenoxy) is 1. The van der Waals surface area contributed by atoms with E-state index in [1.165, 1.54) is 0 Å². The lowest BCUT2D eigenvalue weighted by atomic mass is 10.1. The number of hydrogen-bond donors (Lipinski definition) is 0. The highest BCUT2D eigenvalue weighted by molar-refractivity contribution is 7.98. The molecule has 0 saturated heterocycles. The van der Waals surface area contributed by atoms with Crippen molar-refractivity contribution in [2.75, 3.05) is 13.7 Å². The molecule has 0 atom stereocenters. The molecule has 4 rings (SSSR count). The lowest BCUT2D eigenvalue weighted by molar-refractivity contribution is 0.0762. The molecule has 2 heterocycles. The number of carbonyl (C=O) groups is 1. The summed E-state index contributed by atoms with van der Waals surface area (Å²) in [7, 11) is 1.64. The van der Waals surface area contributed by atoms with Crippen LogP contribution < -0.4 is 4.74 Å². The fraction of sp³-hybridized carbons (Fsp3) is 0.154. The van der Waals surface area contributed by atoms with Gasteiger partial charge in [0.1, 0.15) is 11.4 Å². The third-order valence-electron chi connectivity index (χ3n) is 5.07. The lowest BCUT2D eigenvalue weighted by Gasteiger charge is -2.21. The van der Waals surface area contributed by atoms with Crippen LogP contribution in [0.15, 0.2) is 96.7 Å². The van der Waals surface area contributed by atoms with Crippen molar-refractivity contribution in [3.63, 3.8) is 0 Å². The molecule has 2 aromatic heterocycles. The summed E-state index contributed by atoms with van der Waals surface area (Å²) in [4.78, 5) is 20.6. The first-order chi connectivity index (χ1) is 15.7. The molecule has 0 N–H and O–H groups in total. The van der Waals surface area contributed by atoms with E-state index >= 15 is 0 Å². The van der Waals surface area contributed by atoms with E-state index in [-0.39, 0.29) is 5.91 Å². The van der Waals surface area contributed by atoms with Crippen LogP contribution in [0.5, 0.6) is 5.75 Å². The van der Waals surface area contributed by atoms with Gasteiger partial charge in [-0.15, -0.1) is 18.3 Å². The van der Waals surface area contributed by atoms with Crippen LogP contribution in [-0.4, -0.2) is 33.8 Å². The molecule has 0 fully saturated rings. The van der Waals surface area contributed by atoms with E-state index in [1.807, 2.05) is 83.5 Å². The minimum atomic E-state index is -0.0161. The van der Waals surface area contributed by atoms with E-state index < -0.39 is 0 Å². The third-order valence-corrected chi connectivity index (χ3v) is 6.12. The Balaban J connectivity index is 1.40. The van der Waals surface area contributed by atoms with Gasteiger partial charge in [0.2, 0.25) is 0 Å². The van der Waals surface area contributed by atoms with Crippen molar-refractivity contribution in [1.82, 2.24) is 14.3 Å². The normalized spacial score (nSPS) is 10.8. The largest absolute Gasteiger partial charge is 0.497 e. The van der Waals surface area contributed by atoms with Crippen molar-refractivity contribution in [2.45, 2.75) is 17.2 Å². The van der Waals surface area contributed by atoms with Crippen LogP contribution in [-0.2, 0) is 12.3 Å². The summed E-state index contributed by atoms with van der Waals surface area (Å²) in [6.45, 7) is 4.80. The number of pyridine rings is 1. The zero-order valence-electron chi connectivity index (χ0n) is 18.0. The fourth-order valence-electron chi connectivity index (χ4n) is 3.42. The van der Waals surface area contributed by atoms with E-state index in [1.54, 1.807) is 29.8 Å². The maximum atomic E-state index is 13.1. The van der Waals surface area contributed by atoms with Crippen LogP contribution in [0.4, 0.5) is 0 Å². The molecule has 5 nitrogen and oxygen atoms in total. The van der Waals surface area contributed by atoms with Gasteiger partial charge in [0.15, 0.2) is 0 Å². The molecule has 6 heteroatoms. The van der Waals surface area contributed by atoms with Gasteiger partial charge in [0.25, 0.3) is 5.91 Å². The van der Waals surface area contributed by atoms with Crippen molar-refractivity contribution < 1.29 is 9.53 Å². The Bertz CT molecular complexity index is 1170. The molecular formula is C26H25N3O2S. The van der Waals surface area contributed by atoms with Gasteiger partial charge in [-0.25, -0.2) is 4.98 Å². The number of carbonyl (C=O) groups excluding carboxylic acids is 1. The highest BCUT2D eigenvalue weighted by Crippen LogP contribution is 2.24. The Hall–Kier alpha value is -3.51. The van der Waals surface area contributed by atoms with Gasteiger partial charge in [0, 0.05) is 41.7 Å². The van der Waals surface area contributed by atoms with Crippen molar-refractivity contribution >= 4 is 23.3 Å². The summed E-state index contributed by atoms with van der Waals surface area (Å²) < 4.78 is 7.23. The molecule has 4 aromatic rings. The first kappa shape index (κ1) is 21.7. The number of nitrogens with zero attached hydrogens (tertiary/aromatic N) is 3. The average Bonchev–Trinajstić information content (AvgIpc) is 3.26. The number of benzene rings is 2. The zero-order valence-corrected chi connectivity index (χ0v) is 18.8. The molecule has 0 aliphatic rings. The van der Waals surface area contributed by atoms with Crippen molar-refractivity contribution in [3.8, 4) is 5.75 Å². The maximum absolute atomic E-state index is 13.1. The Morgan fingerprint density at radius 3 is 2.59 bits per heavy atom. The molecule has 0 aliphatic carbocycles. The molecule has 0 radical (unpaired) electrons. The predicted molar refractivity (Wildman–Crippen MR) is 129 cm³/mol. The SMILES string of the molecule is C=CCN(Cc1ccc(OC)cc1)C(=O)c1ccc(SCc2cn3ccccc3n2)cc1. The molecule has 0 unspecified atom stereocenters. The number of aromatic nitrogens is 2. The molecule has 0 saturated carbocycles. The summed E-state index contributed by atoms with van der Waals surface area (Å²) in [5.74, 6) is 1.55. The van der Waals surface area contributed by atoms with Gasteiger partial charge in [-0.1, -0.05) is 24.3 Å². The Morgan fingerprint density at radius 1 is 1.12 bits per heavy atom. The van der Waals surface area contributed by atoms with Gasteiger partial charge in [0.05, 0.1) is 12.8 Å². The molecule has 1 amide bonds. The Morgan fingerprint density at radius 2 is 1.91 bits per heavy atom. The molecule has 0 spiro atoms. The molecule has 0 aliphatic heterocycles. The van der Waals surface area contributed by atoms with E-state index in [4.69, 9.17) is 4.74 Å². The number of hydrogen-bond acceptors (Lipinski definition) is 4. The van der Waals surface area contributed by atoms with Crippen molar-refractivity contribution in [3.05, 3.63) is 109 Å². The van der Waals surface area contributed by atoms with Crippen LogP contribution in [0.25, 0.3) is 5.65 Å². The molecule has 2 aromatic carbocycles. The second kappa shape index (κ2) is 10.2. The van der Waals surface area contributed by atoms with Gasteiger partial charge in [-0.05, 0) is 54.1 Å². The van der Waals surface area contributed by atoms with E-state index in [0.717, 1.165) is 33.3 Å². The van der Waals surface area contributed by atoms with Crippen molar-refractivity contribution in [1.29, 1.82) is 0 Å². The molecule has 162 valence electrons. The first-order valence-corrected chi connectivity index (χ1v) is 11.3. The maximum Gasteiger partial charge on any atom is 0.254 e. The van der Waals surface area contributed by atoms with Crippen LogP contribution in [0, 0.1) is 0 Å². The van der Waals surface area contributed by atoms with Crippen LogP contribution in [0.2, 0.25) is 0 Å². The van der Waals surface area contributed by atoms with E-state index in [0.29, 0.717) is 18.7 Å². The third kappa shape index (κ3) is 5.21. The minimum Gasteiger partial charge on any atom is -0.497 e. The van der Waals surface area contributed by atoms with Gasteiger partial charge < -0.3 is 14.0 Å².